The predicted molar refractivity (Wildman–Crippen MR) is 157 cm³/mol. The average molecular weight is 557 g/mol. The van der Waals surface area contributed by atoms with E-state index in [1.807, 2.05) is 18.2 Å². The van der Waals surface area contributed by atoms with Crippen LogP contribution in [0, 0.1) is 17.2 Å². The van der Waals surface area contributed by atoms with Crippen LogP contribution in [0.5, 0.6) is 0 Å². The first-order chi connectivity index (χ1) is 19.7. The van der Waals surface area contributed by atoms with Crippen molar-refractivity contribution in [2.45, 2.75) is 45.2 Å². The normalized spacial score (nSPS) is 18.7. The standard InChI is InChI=1S/C29H36N10O2/c1-18(2)22-17-41-14-13-39(22)23-7-6-19(15-30)24(36-23)20-16-34-26(31)25(35-20)28(40)37-27-21(5-4-10-33-27)38-11-8-29(3,32)9-12-38/h4-7,10,16,18,22H,8-9,11-14,17,32H2,1-3H3,(H2,31,34)(H,33,37,40). The highest BCUT2D eigenvalue weighted by Gasteiger charge is 2.29. The molecule has 2 fully saturated rings. The van der Waals surface area contributed by atoms with Gasteiger partial charge in [0, 0.05) is 31.4 Å². The van der Waals surface area contributed by atoms with Crippen molar-refractivity contribution in [1.29, 1.82) is 5.26 Å². The number of carbonyl (C=O) groups is 1. The second-order valence-corrected chi connectivity index (χ2v) is 11.2. The first kappa shape index (κ1) is 28.2. The molecule has 5 rings (SSSR count). The second-order valence-electron chi connectivity index (χ2n) is 11.2. The molecular formula is C29H36N10O2. The van der Waals surface area contributed by atoms with Gasteiger partial charge < -0.3 is 31.3 Å². The number of rotatable bonds is 6. The van der Waals surface area contributed by atoms with Crippen LogP contribution >= 0.6 is 0 Å². The minimum atomic E-state index is -0.555. The maximum atomic E-state index is 13.5. The van der Waals surface area contributed by atoms with Crippen LogP contribution in [0.2, 0.25) is 0 Å². The van der Waals surface area contributed by atoms with Crippen molar-refractivity contribution < 1.29 is 9.53 Å². The fourth-order valence-electron chi connectivity index (χ4n) is 5.21. The Hall–Kier alpha value is -4.34. The number of carbonyl (C=O) groups excluding carboxylic acids is 1. The zero-order valence-corrected chi connectivity index (χ0v) is 23.7. The van der Waals surface area contributed by atoms with Gasteiger partial charge in [0.2, 0.25) is 0 Å². The van der Waals surface area contributed by atoms with Crippen LogP contribution in [0.25, 0.3) is 11.4 Å². The molecule has 1 unspecified atom stereocenters. The van der Waals surface area contributed by atoms with E-state index in [1.165, 1.54) is 6.20 Å². The van der Waals surface area contributed by atoms with E-state index in [0.29, 0.717) is 48.6 Å². The van der Waals surface area contributed by atoms with Crippen LogP contribution in [0.1, 0.15) is 49.7 Å². The first-order valence-corrected chi connectivity index (χ1v) is 13.9. The SMILES string of the molecule is CC(C)C1COCCN1c1ccc(C#N)c(-c2cnc(N)c(C(=O)Nc3ncccc3N3CCC(C)(N)CC3)n2)n1. The van der Waals surface area contributed by atoms with Gasteiger partial charge in [0.15, 0.2) is 17.3 Å². The Kier molecular flexibility index (Phi) is 8.01. The maximum Gasteiger partial charge on any atom is 0.279 e. The van der Waals surface area contributed by atoms with Crippen molar-refractivity contribution in [2.75, 3.05) is 53.7 Å². The highest BCUT2D eigenvalue weighted by atomic mass is 16.5. The zero-order valence-electron chi connectivity index (χ0n) is 23.7. The lowest BCUT2D eigenvalue weighted by molar-refractivity contribution is 0.0802. The molecule has 214 valence electrons. The topological polar surface area (TPSA) is 172 Å². The fraction of sp³-hybridized carbons (Fsp3) is 0.448. The summed E-state index contributed by atoms with van der Waals surface area (Å²) in [6.07, 6.45) is 4.70. The van der Waals surface area contributed by atoms with Gasteiger partial charge >= 0.3 is 0 Å². The minimum Gasteiger partial charge on any atom is -0.382 e. The van der Waals surface area contributed by atoms with Gasteiger partial charge in [-0.1, -0.05) is 13.8 Å². The van der Waals surface area contributed by atoms with Crippen molar-refractivity contribution in [2.24, 2.45) is 11.7 Å². The molecule has 0 bridgehead atoms. The van der Waals surface area contributed by atoms with E-state index in [4.69, 9.17) is 21.2 Å². The molecule has 1 amide bonds. The molecule has 0 radical (unpaired) electrons. The van der Waals surface area contributed by atoms with E-state index < -0.39 is 5.91 Å². The van der Waals surface area contributed by atoms with E-state index in [1.54, 1.807) is 12.3 Å². The zero-order chi connectivity index (χ0) is 29.1. The van der Waals surface area contributed by atoms with Crippen LogP contribution in [0.3, 0.4) is 0 Å². The molecular weight excluding hydrogens is 520 g/mol. The van der Waals surface area contributed by atoms with Crippen molar-refractivity contribution in [3.8, 4) is 17.5 Å². The Morgan fingerprint density at radius 2 is 1.98 bits per heavy atom. The number of nitrogen functional groups attached to an aromatic ring is 1. The Balaban J connectivity index is 1.44. The number of morpholine rings is 1. The number of amides is 1. The molecule has 5 heterocycles. The highest BCUT2D eigenvalue weighted by molar-refractivity contribution is 6.06. The summed E-state index contributed by atoms with van der Waals surface area (Å²) >= 11 is 0. The Labute approximate surface area is 239 Å². The third-order valence-corrected chi connectivity index (χ3v) is 7.75. The Bertz CT molecular complexity index is 1460. The van der Waals surface area contributed by atoms with E-state index >= 15 is 0 Å². The van der Waals surface area contributed by atoms with Gasteiger partial charge in [-0.2, -0.15) is 5.26 Å². The number of nitrogens with one attached hydrogen (secondary N) is 1. The van der Waals surface area contributed by atoms with Gasteiger partial charge in [0.1, 0.15) is 23.3 Å². The summed E-state index contributed by atoms with van der Waals surface area (Å²) in [5.74, 6) is 0.848. The molecule has 0 spiro atoms. The predicted octanol–water partition coefficient (Wildman–Crippen LogP) is 2.82. The molecule has 3 aromatic heterocycles. The molecule has 2 saturated heterocycles. The number of piperidine rings is 1. The van der Waals surface area contributed by atoms with Crippen LogP contribution < -0.4 is 26.6 Å². The molecule has 0 aliphatic carbocycles. The number of ether oxygens (including phenoxy) is 1. The lowest BCUT2D eigenvalue weighted by Gasteiger charge is -2.39. The number of anilines is 4. The Morgan fingerprint density at radius 1 is 1.20 bits per heavy atom. The number of nitriles is 1. The summed E-state index contributed by atoms with van der Waals surface area (Å²) < 4.78 is 5.70. The number of pyridine rings is 2. The van der Waals surface area contributed by atoms with Crippen LogP contribution in [0.15, 0.2) is 36.7 Å². The van der Waals surface area contributed by atoms with Crippen molar-refractivity contribution in [3.05, 3.63) is 47.9 Å². The lowest BCUT2D eigenvalue weighted by Crippen LogP contribution is -2.48. The number of hydrogen-bond donors (Lipinski definition) is 3. The Morgan fingerprint density at radius 3 is 2.71 bits per heavy atom. The molecule has 2 aliphatic rings. The molecule has 5 N–H and O–H groups in total. The summed E-state index contributed by atoms with van der Waals surface area (Å²) in [7, 11) is 0. The van der Waals surface area contributed by atoms with E-state index in [2.05, 4.69) is 56.9 Å². The smallest absolute Gasteiger partial charge is 0.279 e. The molecule has 3 aromatic rings. The molecule has 12 heteroatoms. The van der Waals surface area contributed by atoms with Crippen molar-refractivity contribution in [1.82, 2.24) is 19.9 Å². The fourth-order valence-corrected chi connectivity index (χ4v) is 5.21. The van der Waals surface area contributed by atoms with Gasteiger partial charge in [0.25, 0.3) is 5.91 Å². The molecule has 41 heavy (non-hydrogen) atoms. The largest absolute Gasteiger partial charge is 0.382 e. The molecule has 0 aromatic carbocycles. The van der Waals surface area contributed by atoms with Gasteiger partial charge in [-0.25, -0.2) is 19.9 Å². The summed E-state index contributed by atoms with van der Waals surface area (Å²) in [4.78, 5) is 35.8. The molecule has 12 nitrogen and oxygen atoms in total. The van der Waals surface area contributed by atoms with E-state index in [9.17, 15) is 10.1 Å². The van der Waals surface area contributed by atoms with Crippen LogP contribution in [-0.2, 0) is 4.74 Å². The molecule has 0 saturated carbocycles. The van der Waals surface area contributed by atoms with Crippen molar-refractivity contribution in [3.63, 3.8) is 0 Å². The van der Waals surface area contributed by atoms with Gasteiger partial charge in [-0.15, -0.1) is 0 Å². The summed E-state index contributed by atoms with van der Waals surface area (Å²) in [6, 6.07) is 9.61. The van der Waals surface area contributed by atoms with Crippen LogP contribution in [0.4, 0.5) is 23.1 Å². The van der Waals surface area contributed by atoms with Crippen molar-refractivity contribution >= 4 is 29.0 Å². The third kappa shape index (κ3) is 6.06. The van der Waals surface area contributed by atoms with Gasteiger partial charge in [-0.3, -0.25) is 4.79 Å². The number of nitrogens with zero attached hydrogens (tertiary/aromatic N) is 7. The average Bonchev–Trinajstić information content (AvgIpc) is 2.97. The third-order valence-electron chi connectivity index (χ3n) is 7.75. The summed E-state index contributed by atoms with van der Waals surface area (Å²) in [5.41, 5.74) is 13.9. The molecule has 1 atom stereocenters. The summed E-state index contributed by atoms with van der Waals surface area (Å²) in [5, 5.41) is 12.7. The number of hydrogen-bond acceptors (Lipinski definition) is 11. The maximum absolute atomic E-state index is 13.5. The molecule has 2 aliphatic heterocycles. The minimum absolute atomic E-state index is 0.0386. The quantitative estimate of drug-likeness (QED) is 0.407. The van der Waals surface area contributed by atoms with Crippen LogP contribution in [-0.4, -0.2) is 70.3 Å². The second kappa shape index (κ2) is 11.6. The number of nitrogens with two attached hydrogens (primary N) is 2. The monoisotopic (exact) mass is 556 g/mol. The van der Waals surface area contributed by atoms with Gasteiger partial charge in [0.05, 0.1) is 36.7 Å². The van der Waals surface area contributed by atoms with E-state index in [0.717, 1.165) is 31.6 Å². The van der Waals surface area contributed by atoms with Gasteiger partial charge in [-0.05, 0) is 49.9 Å². The lowest BCUT2D eigenvalue weighted by atomic mass is 9.91. The van der Waals surface area contributed by atoms with E-state index in [-0.39, 0.29) is 28.8 Å². The highest BCUT2D eigenvalue weighted by Crippen LogP contribution is 2.30. The number of aromatic nitrogens is 4. The summed E-state index contributed by atoms with van der Waals surface area (Å²) in [6.45, 7) is 9.69. The first-order valence-electron chi connectivity index (χ1n) is 13.9.